The van der Waals surface area contributed by atoms with Crippen molar-refractivity contribution in [3.8, 4) is 0 Å². The zero-order chi connectivity index (χ0) is 8.20. The van der Waals surface area contributed by atoms with E-state index in [1.807, 2.05) is 6.92 Å². The first kappa shape index (κ1) is 9.76. The smallest absolute Gasteiger partial charge is 0.0513 e. The van der Waals surface area contributed by atoms with Crippen LogP contribution in [-0.4, -0.2) is 6.21 Å². The maximum Gasteiger partial charge on any atom is 0.0513 e. The van der Waals surface area contributed by atoms with Crippen molar-refractivity contribution in [1.29, 1.82) is 0 Å². The molecule has 0 aliphatic carbocycles. The van der Waals surface area contributed by atoms with Gasteiger partial charge in [-0.2, -0.15) is 0 Å². The number of thiol groups is 1. The topological polar surface area (TPSA) is 12.4 Å². The van der Waals surface area contributed by atoms with Gasteiger partial charge in [-0.25, -0.2) is 0 Å². The Bertz CT molecular complexity index is 151. The highest BCUT2D eigenvalue weighted by atomic mass is 32.1. The molecule has 2 heteroatoms. The molecule has 0 spiro atoms. The molecule has 0 aromatic carbocycles. The van der Waals surface area contributed by atoms with Gasteiger partial charge in [-0.15, -0.1) is 12.6 Å². The molecule has 0 heterocycles. The monoisotopic (exact) mass is 157 g/mol. The zero-order valence-electron chi connectivity index (χ0n) is 7.05. The van der Waals surface area contributed by atoms with Crippen LogP contribution in [0.4, 0.5) is 0 Å². The fourth-order valence-electron chi connectivity index (χ4n) is 0.560. The second-order valence-electron chi connectivity index (χ2n) is 3.15. The summed E-state index contributed by atoms with van der Waals surface area (Å²) in [6.07, 6.45) is 1.79. The largest absolute Gasteiger partial charge is 0.265 e. The molecule has 0 atom stereocenters. The van der Waals surface area contributed by atoms with Crippen LogP contribution >= 0.6 is 12.6 Å². The summed E-state index contributed by atoms with van der Waals surface area (Å²) in [5, 5.41) is 1.75. The highest BCUT2D eigenvalue weighted by Gasteiger charge is 2.14. The SMILES string of the molecule is CC=N/C(=C\S)C(C)(C)C. The van der Waals surface area contributed by atoms with E-state index in [1.54, 1.807) is 11.6 Å². The summed E-state index contributed by atoms with van der Waals surface area (Å²) in [7, 11) is 0. The van der Waals surface area contributed by atoms with Crippen LogP contribution in [0.25, 0.3) is 0 Å². The van der Waals surface area contributed by atoms with Gasteiger partial charge < -0.3 is 0 Å². The van der Waals surface area contributed by atoms with E-state index >= 15 is 0 Å². The molecule has 0 saturated carbocycles. The number of hydrogen-bond donors (Lipinski definition) is 1. The van der Waals surface area contributed by atoms with Crippen LogP contribution in [-0.2, 0) is 0 Å². The summed E-state index contributed by atoms with van der Waals surface area (Å²) in [6.45, 7) is 8.25. The second-order valence-corrected chi connectivity index (χ2v) is 3.41. The van der Waals surface area contributed by atoms with Crippen molar-refractivity contribution in [2.45, 2.75) is 27.7 Å². The average molecular weight is 157 g/mol. The second kappa shape index (κ2) is 3.81. The Hall–Kier alpha value is -0.240. The Kier molecular flexibility index (Phi) is 3.72. The Morgan fingerprint density at radius 2 is 1.90 bits per heavy atom. The zero-order valence-corrected chi connectivity index (χ0v) is 7.94. The van der Waals surface area contributed by atoms with Crippen LogP contribution in [0.15, 0.2) is 16.1 Å². The summed E-state index contributed by atoms with van der Waals surface area (Å²) in [5.41, 5.74) is 1.12. The predicted molar refractivity (Wildman–Crippen MR) is 50.7 cm³/mol. The van der Waals surface area contributed by atoms with Gasteiger partial charge in [0.1, 0.15) is 0 Å². The molecule has 0 unspecified atom stereocenters. The summed E-state index contributed by atoms with van der Waals surface area (Å²) >= 11 is 4.07. The third-order valence-corrected chi connectivity index (χ3v) is 1.40. The van der Waals surface area contributed by atoms with Crippen molar-refractivity contribution < 1.29 is 0 Å². The summed E-state index contributed by atoms with van der Waals surface area (Å²) in [4.78, 5) is 4.17. The average Bonchev–Trinajstić information content (AvgIpc) is 1.80. The third-order valence-electron chi connectivity index (χ3n) is 1.16. The molecule has 0 radical (unpaired) electrons. The van der Waals surface area contributed by atoms with Gasteiger partial charge in [0.05, 0.1) is 5.70 Å². The number of allylic oxidation sites excluding steroid dienone is 1. The lowest BCUT2D eigenvalue weighted by Crippen LogP contribution is -2.06. The van der Waals surface area contributed by atoms with Crippen molar-refractivity contribution >= 4 is 18.8 Å². The highest BCUT2D eigenvalue weighted by Crippen LogP contribution is 2.26. The molecule has 1 nitrogen and oxygen atoms in total. The van der Waals surface area contributed by atoms with Gasteiger partial charge in [0, 0.05) is 11.6 Å². The molecule has 58 valence electrons. The minimum atomic E-state index is 0.105. The van der Waals surface area contributed by atoms with Crippen molar-refractivity contribution in [1.82, 2.24) is 0 Å². The van der Waals surface area contributed by atoms with E-state index in [2.05, 4.69) is 38.4 Å². The molecular formula is C8H15NS. The van der Waals surface area contributed by atoms with Crippen LogP contribution in [0.1, 0.15) is 27.7 Å². The molecule has 0 aliphatic heterocycles. The Morgan fingerprint density at radius 1 is 1.40 bits per heavy atom. The van der Waals surface area contributed by atoms with Gasteiger partial charge in [-0.1, -0.05) is 20.8 Å². The van der Waals surface area contributed by atoms with Gasteiger partial charge in [0.15, 0.2) is 0 Å². The van der Waals surface area contributed by atoms with Gasteiger partial charge in [0.25, 0.3) is 0 Å². The maximum absolute atomic E-state index is 4.17. The Morgan fingerprint density at radius 3 is 2.00 bits per heavy atom. The van der Waals surface area contributed by atoms with Gasteiger partial charge >= 0.3 is 0 Å². The Labute approximate surface area is 68.7 Å². The van der Waals surface area contributed by atoms with E-state index in [1.165, 1.54) is 0 Å². The lowest BCUT2D eigenvalue weighted by molar-refractivity contribution is 0.500. The minimum absolute atomic E-state index is 0.105. The lowest BCUT2D eigenvalue weighted by Gasteiger charge is -2.17. The maximum atomic E-state index is 4.17. The summed E-state index contributed by atoms with van der Waals surface area (Å²) in [6, 6.07) is 0. The van der Waals surface area contributed by atoms with Crippen LogP contribution in [0.3, 0.4) is 0 Å². The number of aliphatic imine (C=N–C) groups is 1. The third kappa shape index (κ3) is 3.06. The number of rotatable bonds is 1. The van der Waals surface area contributed by atoms with Crippen LogP contribution in [0.2, 0.25) is 0 Å². The van der Waals surface area contributed by atoms with Crippen LogP contribution in [0.5, 0.6) is 0 Å². The molecule has 0 aliphatic rings. The van der Waals surface area contributed by atoms with E-state index in [0.717, 1.165) is 5.70 Å². The van der Waals surface area contributed by atoms with Crippen molar-refractivity contribution in [2.75, 3.05) is 0 Å². The van der Waals surface area contributed by atoms with Gasteiger partial charge in [-0.05, 0) is 12.3 Å². The molecule has 10 heavy (non-hydrogen) atoms. The summed E-state index contributed by atoms with van der Waals surface area (Å²) in [5.74, 6) is 0. The normalized spacial score (nSPS) is 14.7. The lowest BCUT2D eigenvalue weighted by atomic mass is 9.93. The molecule has 0 amide bonds. The first-order chi connectivity index (χ1) is 4.52. The molecular weight excluding hydrogens is 142 g/mol. The fourth-order valence-corrected chi connectivity index (χ4v) is 1.01. The molecule has 0 fully saturated rings. The molecule has 0 saturated heterocycles. The highest BCUT2D eigenvalue weighted by molar-refractivity contribution is 7.83. The number of nitrogens with zero attached hydrogens (tertiary/aromatic N) is 1. The summed E-state index contributed by atoms with van der Waals surface area (Å²) < 4.78 is 0. The first-order valence-electron chi connectivity index (χ1n) is 3.36. The van der Waals surface area contributed by atoms with E-state index < -0.39 is 0 Å². The first-order valence-corrected chi connectivity index (χ1v) is 3.87. The quantitative estimate of drug-likeness (QED) is 0.444. The standard InChI is InChI=1S/C8H15NS/c1-5-9-7(6-10)8(2,3)4/h5-6,10H,1-4H3/b7-6-,9-5?. The molecule has 0 N–H and O–H groups in total. The van der Waals surface area contributed by atoms with E-state index in [-0.39, 0.29) is 5.41 Å². The van der Waals surface area contributed by atoms with Gasteiger partial charge in [0.2, 0.25) is 0 Å². The molecule has 0 bridgehead atoms. The van der Waals surface area contributed by atoms with Crippen molar-refractivity contribution in [3.63, 3.8) is 0 Å². The van der Waals surface area contributed by atoms with E-state index in [9.17, 15) is 0 Å². The number of hydrogen-bond acceptors (Lipinski definition) is 2. The van der Waals surface area contributed by atoms with E-state index in [0.29, 0.717) is 0 Å². The molecule has 0 aromatic heterocycles. The Balaban J connectivity index is 4.39. The van der Waals surface area contributed by atoms with Crippen LogP contribution in [0, 0.1) is 5.41 Å². The van der Waals surface area contributed by atoms with Crippen molar-refractivity contribution in [3.05, 3.63) is 11.1 Å². The minimum Gasteiger partial charge on any atom is -0.265 e. The van der Waals surface area contributed by atoms with E-state index in [4.69, 9.17) is 0 Å². The molecule has 0 rings (SSSR count). The predicted octanol–water partition coefficient (Wildman–Crippen LogP) is 2.89. The van der Waals surface area contributed by atoms with Crippen LogP contribution < -0.4 is 0 Å². The van der Waals surface area contributed by atoms with Crippen molar-refractivity contribution in [2.24, 2.45) is 10.4 Å². The molecule has 0 aromatic rings. The van der Waals surface area contributed by atoms with Gasteiger partial charge in [-0.3, -0.25) is 4.99 Å². The fraction of sp³-hybridized carbons (Fsp3) is 0.625.